The van der Waals surface area contributed by atoms with E-state index in [1.165, 1.54) is 49.3 Å². The second kappa shape index (κ2) is 7.61. The number of fused-ring (bicyclic) bond motifs is 4. The molecule has 1 aromatic heterocycles. The topological polar surface area (TPSA) is 22.1 Å². The maximum Gasteiger partial charge on any atom is 0.574 e. The molecule has 0 aliphatic heterocycles. The van der Waals surface area contributed by atoms with Gasteiger partial charge in [0, 0.05) is 11.5 Å². The van der Waals surface area contributed by atoms with Crippen LogP contribution < -0.4 is 4.74 Å². The van der Waals surface area contributed by atoms with Gasteiger partial charge in [0.1, 0.15) is 0 Å². The molecule has 0 amide bonds. The molecule has 1 aliphatic carbocycles. The van der Waals surface area contributed by atoms with Gasteiger partial charge in [0.2, 0.25) is 5.88 Å². The average Bonchev–Trinajstić information content (AvgIpc) is 3.03. The van der Waals surface area contributed by atoms with Crippen molar-refractivity contribution in [2.75, 3.05) is 0 Å². The van der Waals surface area contributed by atoms with E-state index in [2.05, 4.69) is 28.8 Å². The van der Waals surface area contributed by atoms with E-state index in [4.69, 9.17) is 0 Å². The van der Waals surface area contributed by atoms with Crippen LogP contribution in [0.25, 0.3) is 21.7 Å². The SMILES string of the molecule is CCCCCCC1Cc2cc3ccc4nc(OC(F)(F)F)ccc4c3cc2C1. The molecule has 148 valence electrons. The Morgan fingerprint density at radius 1 is 0.964 bits per heavy atom. The Balaban J connectivity index is 1.60. The van der Waals surface area contributed by atoms with Gasteiger partial charge in [0.15, 0.2) is 0 Å². The summed E-state index contributed by atoms with van der Waals surface area (Å²) >= 11 is 0. The van der Waals surface area contributed by atoms with Crippen LogP contribution in [-0.4, -0.2) is 11.3 Å². The predicted octanol–water partition coefficient (Wildman–Crippen LogP) is 6.97. The highest BCUT2D eigenvalue weighted by molar-refractivity contribution is 6.06. The number of aromatic nitrogens is 1. The lowest BCUT2D eigenvalue weighted by Crippen LogP contribution is -2.17. The largest absolute Gasteiger partial charge is 0.574 e. The zero-order valence-electron chi connectivity index (χ0n) is 16.0. The van der Waals surface area contributed by atoms with Crippen LogP contribution in [0, 0.1) is 5.92 Å². The fourth-order valence-electron chi connectivity index (χ4n) is 4.37. The summed E-state index contributed by atoms with van der Waals surface area (Å²) in [4.78, 5) is 4.03. The first kappa shape index (κ1) is 19.0. The van der Waals surface area contributed by atoms with E-state index in [0.717, 1.165) is 29.0 Å². The van der Waals surface area contributed by atoms with Crippen molar-refractivity contribution in [3.8, 4) is 5.88 Å². The van der Waals surface area contributed by atoms with Gasteiger partial charge in [0.25, 0.3) is 0 Å². The van der Waals surface area contributed by atoms with E-state index in [-0.39, 0.29) is 0 Å². The molecule has 0 N–H and O–H groups in total. The highest BCUT2D eigenvalue weighted by atomic mass is 19.4. The molecule has 2 aromatic carbocycles. The molecule has 28 heavy (non-hydrogen) atoms. The Bertz CT molecular complexity index is 996. The maximum atomic E-state index is 12.5. The quantitative estimate of drug-likeness (QED) is 0.336. The number of unbranched alkanes of at least 4 members (excludes halogenated alkanes) is 3. The summed E-state index contributed by atoms with van der Waals surface area (Å²) < 4.78 is 41.3. The Labute approximate surface area is 162 Å². The molecule has 0 saturated carbocycles. The van der Waals surface area contributed by atoms with Gasteiger partial charge in [-0.15, -0.1) is 13.2 Å². The Morgan fingerprint density at radius 3 is 2.50 bits per heavy atom. The van der Waals surface area contributed by atoms with E-state index >= 15 is 0 Å². The lowest BCUT2D eigenvalue weighted by molar-refractivity contribution is -0.276. The van der Waals surface area contributed by atoms with Crippen molar-refractivity contribution in [3.63, 3.8) is 0 Å². The maximum absolute atomic E-state index is 12.5. The van der Waals surface area contributed by atoms with Crippen LogP contribution in [0.4, 0.5) is 13.2 Å². The van der Waals surface area contributed by atoms with Crippen molar-refractivity contribution in [2.24, 2.45) is 5.92 Å². The molecule has 5 heteroatoms. The number of benzene rings is 2. The monoisotopic (exact) mass is 387 g/mol. The molecule has 1 unspecified atom stereocenters. The lowest BCUT2D eigenvalue weighted by Gasteiger charge is -2.10. The minimum atomic E-state index is -4.73. The van der Waals surface area contributed by atoms with Gasteiger partial charge in [-0.2, -0.15) is 0 Å². The highest BCUT2D eigenvalue weighted by Crippen LogP contribution is 2.36. The van der Waals surface area contributed by atoms with Crippen LogP contribution >= 0.6 is 0 Å². The van der Waals surface area contributed by atoms with Gasteiger partial charge in [-0.25, -0.2) is 4.98 Å². The van der Waals surface area contributed by atoms with Crippen molar-refractivity contribution in [2.45, 2.75) is 58.2 Å². The van der Waals surface area contributed by atoms with Crippen LogP contribution in [0.5, 0.6) is 5.88 Å². The van der Waals surface area contributed by atoms with Crippen LogP contribution in [-0.2, 0) is 12.8 Å². The van der Waals surface area contributed by atoms with Crippen LogP contribution in [0.2, 0.25) is 0 Å². The van der Waals surface area contributed by atoms with E-state index in [1.54, 1.807) is 12.1 Å². The molecular formula is C23H24F3NO. The van der Waals surface area contributed by atoms with Crippen molar-refractivity contribution >= 4 is 21.7 Å². The molecule has 0 fully saturated rings. The summed E-state index contributed by atoms with van der Waals surface area (Å²) in [5.74, 6) is 0.285. The van der Waals surface area contributed by atoms with Crippen LogP contribution in [0.3, 0.4) is 0 Å². The number of hydrogen-bond donors (Lipinski definition) is 0. The zero-order chi connectivity index (χ0) is 19.7. The fraction of sp³-hybridized carbons (Fsp3) is 0.435. The molecule has 4 rings (SSSR count). The number of pyridine rings is 1. The summed E-state index contributed by atoms with van der Waals surface area (Å²) in [6.45, 7) is 2.23. The van der Waals surface area contributed by atoms with Gasteiger partial charge in [-0.3, -0.25) is 0 Å². The third-order valence-corrected chi connectivity index (χ3v) is 5.69. The van der Waals surface area contributed by atoms with E-state index in [0.29, 0.717) is 11.4 Å². The summed E-state index contributed by atoms with van der Waals surface area (Å²) in [7, 11) is 0. The molecule has 0 saturated heterocycles. The highest BCUT2D eigenvalue weighted by Gasteiger charge is 2.31. The average molecular weight is 387 g/mol. The first-order valence-corrected chi connectivity index (χ1v) is 10.0. The zero-order valence-corrected chi connectivity index (χ0v) is 16.0. The molecule has 0 bridgehead atoms. The van der Waals surface area contributed by atoms with Gasteiger partial charge in [-0.1, -0.05) is 50.8 Å². The van der Waals surface area contributed by atoms with Crippen LogP contribution in [0.1, 0.15) is 50.2 Å². The number of hydrogen-bond acceptors (Lipinski definition) is 2. The van der Waals surface area contributed by atoms with Crippen molar-refractivity contribution in [3.05, 3.63) is 47.5 Å². The molecule has 1 aliphatic rings. The smallest absolute Gasteiger partial charge is 0.388 e. The molecular weight excluding hydrogens is 363 g/mol. The third-order valence-electron chi connectivity index (χ3n) is 5.69. The first-order valence-electron chi connectivity index (χ1n) is 10.0. The summed E-state index contributed by atoms with van der Waals surface area (Å²) in [6.07, 6.45) is 3.93. The molecule has 3 aromatic rings. The van der Waals surface area contributed by atoms with E-state index in [9.17, 15) is 13.2 Å². The number of nitrogens with zero attached hydrogens (tertiary/aromatic N) is 1. The lowest BCUT2D eigenvalue weighted by atomic mass is 9.98. The Morgan fingerprint density at radius 2 is 1.75 bits per heavy atom. The number of ether oxygens (including phenoxy) is 1. The standard InChI is InChI=1S/C23H24F3NO/c1-2-3-4-5-6-15-11-17-13-16-7-9-21-19(20(16)14-18(17)12-15)8-10-22(27-21)28-23(24,25)26/h7-10,13-15H,2-6,11-12H2,1H3. The fourth-order valence-corrected chi connectivity index (χ4v) is 4.37. The second-order valence-corrected chi connectivity index (χ2v) is 7.80. The molecule has 2 nitrogen and oxygen atoms in total. The van der Waals surface area contributed by atoms with Gasteiger partial charge in [-0.05, 0) is 59.2 Å². The van der Waals surface area contributed by atoms with Crippen molar-refractivity contribution < 1.29 is 17.9 Å². The summed E-state index contributed by atoms with van der Waals surface area (Å²) in [5.41, 5.74) is 3.30. The number of rotatable bonds is 6. The van der Waals surface area contributed by atoms with Crippen molar-refractivity contribution in [1.29, 1.82) is 0 Å². The Hall–Kier alpha value is -2.30. The molecule has 1 heterocycles. The summed E-state index contributed by atoms with van der Waals surface area (Å²) in [5, 5.41) is 3.03. The van der Waals surface area contributed by atoms with Gasteiger partial charge in [0.05, 0.1) is 5.52 Å². The first-order chi connectivity index (χ1) is 13.4. The molecule has 0 radical (unpaired) electrons. The normalized spacial score (nSPS) is 16.6. The summed E-state index contributed by atoms with van der Waals surface area (Å²) in [6, 6.07) is 11.1. The second-order valence-electron chi connectivity index (χ2n) is 7.80. The van der Waals surface area contributed by atoms with Crippen LogP contribution in [0.15, 0.2) is 36.4 Å². The van der Waals surface area contributed by atoms with E-state index in [1.807, 2.05) is 6.07 Å². The molecule has 1 atom stereocenters. The number of alkyl halides is 3. The Kier molecular flexibility index (Phi) is 5.17. The minimum Gasteiger partial charge on any atom is -0.388 e. The predicted molar refractivity (Wildman–Crippen MR) is 106 cm³/mol. The van der Waals surface area contributed by atoms with Crippen molar-refractivity contribution in [1.82, 2.24) is 4.98 Å². The van der Waals surface area contributed by atoms with Gasteiger partial charge < -0.3 is 4.74 Å². The molecule has 0 spiro atoms. The number of halogens is 3. The van der Waals surface area contributed by atoms with E-state index < -0.39 is 12.2 Å². The third kappa shape index (κ3) is 4.08. The van der Waals surface area contributed by atoms with Gasteiger partial charge >= 0.3 is 6.36 Å². The minimum absolute atomic E-state index is 0.423.